The lowest BCUT2D eigenvalue weighted by Gasteiger charge is -2.16. The highest BCUT2D eigenvalue weighted by Crippen LogP contribution is 1.88. The van der Waals surface area contributed by atoms with Gasteiger partial charge in [-0.05, 0) is 6.42 Å². The normalized spacial score (nSPS) is 10.7. The third-order valence-electron chi connectivity index (χ3n) is 1.08. The maximum atomic E-state index is 8.47. The molecule has 0 rings (SSSR count). The van der Waals surface area contributed by atoms with Crippen LogP contribution in [0.2, 0.25) is 0 Å². The van der Waals surface area contributed by atoms with Gasteiger partial charge in [-0.3, -0.25) is 0 Å². The Balaban J connectivity index is 3.18. The molecule has 56 valence electrons. The topological polar surface area (TPSA) is 32.7 Å². The van der Waals surface area contributed by atoms with E-state index >= 15 is 0 Å². The molecule has 0 aliphatic heterocycles. The Morgan fingerprint density at radius 3 is 2.44 bits per heavy atom. The van der Waals surface area contributed by atoms with Crippen LogP contribution in [0.5, 0.6) is 0 Å². The van der Waals surface area contributed by atoms with Crippen molar-refractivity contribution < 1.29 is 9.94 Å². The van der Waals surface area contributed by atoms with Crippen molar-refractivity contribution >= 4 is 0 Å². The van der Waals surface area contributed by atoms with Crippen LogP contribution >= 0.6 is 0 Å². The van der Waals surface area contributed by atoms with E-state index in [2.05, 4.69) is 6.92 Å². The summed E-state index contributed by atoms with van der Waals surface area (Å²) in [6.07, 6.45) is 1.05. The van der Waals surface area contributed by atoms with E-state index in [4.69, 9.17) is 9.94 Å². The molecule has 0 bridgehead atoms. The van der Waals surface area contributed by atoms with Gasteiger partial charge in [-0.2, -0.15) is 5.06 Å². The number of hydrogen-bond acceptors (Lipinski definition) is 3. The van der Waals surface area contributed by atoms with Crippen LogP contribution in [-0.4, -0.2) is 37.0 Å². The lowest BCUT2D eigenvalue weighted by atomic mass is 10.5. The summed E-state index contributed by atoms with van der Waals surface area (Å²) < 4.78 is 0. The summed E-state index contributed by atoms with van der Waals surface area (Å²) in [5.74, 6) is 0. The van der Waals surface area contributed by atoms with Gasteiger partial charge in [0.15, 0.2) is 0 Å². The van der Waals surface area contributed by atoms with Crippen molar-refractivity contribution in [2.75, 3.05) is 26.8 Å². The van der Waals surface area contributed by atoms with Gasteiger partial charge >= 0.3 is 0 Å². The quantitative estimate of drug-likeness (QED) is 0.546. The Kier molecular flexibility index (Phi) is 5.93. The number of aliphatic hydroxyl groups excluding tert-OH is 1. The zero-order chi connectivity index (χ0) is 7.11. The van der Waals surface area contributed by atoms with Crippen LogP contribution in [0.1, 0.15) is 13.3 Å². The molecule has 0 fully saturated rings. The highest BCUT2D eigenvalue weighted by Gasteiger charge is 1.97. The first-order valence-electron chi connectivity index (χ1n) is 3.25. The number of nitrogens with zero attached hydrogens (tertiary/aromatic N) is 1. The van der Waals surface area contributed by atoms with Crippen molar-refractivity contribution in [1.29, 1.82) is 0 Å². The lowest BCUT2D eigenvalue weighted by Crippen LogP contribution is -2.26. The van der Waals surface area contributed by atoms with Crippen LogP contribution in [0.15, 0.2) is 0 Å². The summed E-state index contributed by atoms with van der Waals surface area (Å²) in [4.78, 5) is 4.90. The summed E-state index contributed by atoms with van der Waals surface area (Å²) >= 11 is 0. The Hall–Kier alpha value is -0.120. The number of hydroxylamine groups is 2. The van der Waals surface area contributed by atoms with E-state index in [9.17, 15) is 0 Å². The molecule has 0 amide bonds. The van der Waals surface area contributed by atoms with Crippen LogP contribution in [0, 0.1) is 0 Å². The smallest absolute Gasteiger partial charge is 0.0581 e. The van der Waals surface area contributed by atoms with E-state index in [1.807, 2.05) is 0 Å². The first-order valence-corrected chi connectivity index (χ1v) is 3.25. The molecule has 1 N–H and O–H groups in total. The summed E-state index contributed by atoms with van der Waals surface area (Å²) in [5.41, 5.74) is 0. The van der Waals surface area contributed by atoms with E-state index < -0.39 is 0 Å². The highest BCUT2D eigenvalue weighted by molar-refractivity contribution is 4.40. The second-order valence-electron chi connectivity index (χ2n) is 1.84. The van der Waals surface area contributed by atoms with Gasteiger partial charge in [-0.25, -0.2) is 0 Å². The monoisotopic (exact) mass is 133 g/mol. The number of hydrogen-bond donors (Lipinski definition) is 1. The molecule has 0 heterocycles. The molecular formula is C6H15NO2. The van der Waals surface area contributed by atoms with Crippen molar-refractivity contribution in [3.8, 4) is 0 Å². The minimum Gasteiger partial charge on any atom is -0.395 e. The Labute approximate surface area is 56.2 Å². The van der Waals surface area contributed by atoms with Crippen molar-refractivity contribution in [2.24, 2.45) is 0 Å². The van der Waals surface area contributed by atoms with E-state index in [1.165, 1.54) is 0 Å². The van der Waals surface area contributed by atoms with E-state index in [-0.39, 0.29) is 6.61 Å². The zero-order valence-electron chi connectivity index (χ0n) is 6.13. The fourth-order valence-corrected chi connectivity index (χ4v) is 0.655. The molecule has 0 saturated carbocycles. The minimum absolute atomic E-state index is 0.161. The second-order valence-corrected chi connectivity index (χ2v) is 1.84. The molecule has 0 aliphatic rings. The fourth-order valence-electron chi connectivity index (χ4n) is 0.655. The molecule has 0 radical (unpaired) electrons. The minimum atomic E-state index is 0.161. The van der Waals surface area contributed by atoms with Crippen LogP contribution in [0.3, 0.4) is 0 Å². The molecule has 0 aromatic carbocycles. The highest BCUT2D eigenvalue weighted by atomic mass is 16.7. The molecule has 0 saturated heterocycles. The third-order valence-corrected chi connectivity index (χ3v) is 1.08. The van der Waals surface area contributed by atoms with Gasteiger partial charge in [0.1, 0.15) is 0 Å². The second kappa shape index (κ2) is 6.01. The standard InChI is InChI=1S/C6H15NO2/c1-3-4-7(9-2)5-6-8/h8H,3-6H2,1-2H3. The van der Waals surface area contributed by atoms with Crippen LogP contribution in [0.25, 0.3) is 0 Å². The molecule has 0 unspecified atom stereocenters. The number of aliphatic hydroxyl groups is 1. The predicted octanol–water partition coefficient (Wildman–Crippen LogP) is 0.252. The molecule has 0 aromatic heterocycles. The van der Waals surface area contributed by atoms with Crippen LogP contribution in [-0.2, 0) is 4.84 Å². The summed E-state index contributed by atoms with van der Waals surface area (Å²) in [5, 5.41) is 10.2. The SMILES string of the molecule is CCCN(CCO)OC. The van der Waals surface area contributed by atoms with Gasteiger partial charge in [0.2, 0.25) is 0 Å². The molecule has 0 atom stereocenters. The fraction of sp³-hybridized carbons (Fsp3) is 1.00. The molecule has 0 aliphatic carbocycles. The van der Waals surface area contributed by atoms with E-state index in [0.717, 1.165) is 13.0 Å². The first-order chi connectivity index (χ1) is 4.35. The maximum Gasteiger partial charge on any atom is 0.0581 e. The number of rotatable bonds is 5. The van der Waals surface area contributed by atoms with Gasteiger partial charge in [-0.15, -0.1) is 0 Å². The predicted molar refractivity (Wildman–Crippen MR) is 36.0 cm³/mol. The van der Waals surface area contributed by atoms with Gasteiger partial charge in [0.05, 0.1) is 13.7 Å². The molecule has 0 aromatic rings. The molecule has 3 heteroatoms. The Morgan fingerprint density at radius 2 is 2.11 bits per heavy atom. The summed E-state index contributed by atoms with van der Waals surface area (Å²) in [6.45, 7) is 3.72. The van der Waals surface area contributed by atoms with E-state index in [1.54, 1.807) is 12.2 Å². The van der Waals surface area contributed by atoms with Gasteiger partial charge in [0, 0.05) is 13.1 Å². The van der Waals surface area contributed by atoms with Crippen LogP contribution in [0.4, 0.5) is 0 Å². The Bertz CT molecular complexity index is 53.0. The largest absolute Gasteiger partial charge is 0.395 e. The van der Waals surface area contributed by atoms with Crippen molar-refractivity contribution in [3.05, 3.63) is 0 Å². The summed E-state index contributed by atoms with van der Waals surface area (Å²) in [7, 11) is 1.62. The zero-order valence-corrected chi connectivity index (χ0v) is 6.13. The lowest BCUT2D eigenvalue weighted by molar-refractivity contribution is -0.136. The van der Waals surface area contributed by atoms with Crippen molar-refractivity contribution in [1.82, 2.24) is 5.06 Å². The molecular weight excluding hydrogens is 118 g/mol. The van der Waals surface area contributed by atoms with Crippen LogP contribution < -0.4 is 0 Å². The molecule has 0 spiro atoms. The van der Waals surface area contributed by atoms with Gasteiger partial charge in [0.25, 0.3) is 0 Å². The maximum absolute atomic E-state index is 8.47. The van der Waals surface area contributed by atoms with Crippen molar-refractivity contribution in [2.45, 2.75) is 13.3 Å². The summed E-state index contributed by atoms with van der Waals surface area (Å²) in [6, 6.07) is 0. The third kappa shape index (κ3) is 4.39. The first kappa shape index (κ1) is 8.88. The van der Waals surface area contributed by atoms with Crippen molar-refractivity contribution in [3.63, 3.8) is 0 Å². The van der Waals surface area contributed by atoms with Gasteiger partial charge < -0.3 is 9.94 Å². The van der Waals surface area contributed by atoms with Gasteiger partial charge in [-0.1, -0.05) is 6.92 Å². The average molecular weight is 133 g/mol. The average Bonchev–Trinajstić information content (AvgIpc) is 1.88. The molecule has 9 heavy (non-hydrogen) atoms. The van der Waals surface area contributed by atoms with E-state index in [0.29, 0.717) is 6.54 Å². The molecule has 3 nitrogen and oxygen atoms in total. The Morgan fingerprint density at radius 1 is 1.44 bits per heavy atom.